The Kier molecular flexibility index (Phi) is 14.7. The maximum absolute atomic E-state index is 7.90. The summed E-state index contributed by atoms with van der Waals surface area (Å²) >= 11 is 0. The van der Waals surface area contributed by atoms with E-state index in [2.05, 4.69) is 384 Å². The summed E-state index contributed by atoms with van der Waals surface area (Å²) in [5.74, 6) is 0. The summed E-state index contributed by atoms with van der Waals surface area (Å²) in [4.78, 5) is 4.97. The number of rotatable bonds is 10. The van der Waals surface area contributed by atoms with Gasteiger partial charge in [-0.2, -0.15) is 0 Å². The van der Waals surface area contributed by atoms with Gasteiger partial charge in [0.1, 0.15) is 16.7 Å². The first kappa shape index (κ1) is 63.3. The molecule has 17 rings (SSSR count). The molecule has 0 unspecified atom stereocenters. The number of nitrogens with zero attached hydrogens (tertiary/aromatic N) is 2. The van der Waals surface area contributed by atoms with Crippen LogP contribution < -0.4 is 9.80 Å². The van der Waals surface area contributed by atoms with Gasteiger partial charge in [0.15, 0.2) is 5.58 Å². The first-order valence-corrected chi connectivity index (χ1v) is 35.8. The zero-order valence-corrected chi connectivity index (χ0v) is 59.9. The first-order chi connectivity index (χ1) is 48.6. The van der Waals surface area contributed by atoms with Crippen molar-refractivity contribution in [3.63, 3.8) is 0 Å². The monoisotopic (exact) mass is 1310 g/mol. The molecule has 0 fully saturated rings. The van der Waals surface area contributed by atoms with Crippen LogP contribution in [0.2, 0.25) is 0 Å². The van der Waals surface area contributed by atoms with Gasteiger partial charge in [-0.05, 0) is 207 Å². The van der Waals surface area contributed by atoms with Gasteiger partial charge in [-0.1, -0.05) is 277 Å². The van der Waals surface area contributed by atoms with Crippen LogP contribution in [-0.4, -0.2) is 0 Å². The highest BCUT2D eigenvalue weighted by Gasteiger charge is 2.51. The molecule has 0 N–H and O–H groups in total. The Morgan fingerprint density at radius 2 is 0.614 bits per heavy atom. The van der Waals surface area contributed by atoms with E-state index in [9.17, 15) is 0 Å². The minimum atomic E-state index is -0.969. The van der Waals surface area contributed by atoms with E-state index in [0.29, 0.717) is 0 Å². The van der Waals surface area contributed by atoms with Gasteiger partial charge in [0.2, 0.25) is 0 Å². The molecule has 2 heterocycles. The van der Waals surface area contributed by atoms with E-state index >= 15 is 0 Å². The van der Waals surface area contributed by atoms with Crippen molar-refractivity contribution in [2.24, 2.45) is 0 Å². The van der Waals surface area contributed by atoms with Crippen molar-refractivity contribution >= 4 is 99.5 Å². The fraction of sp³-hybridized carbons (Fsp3) is 0.175. The first-order valence-electron chi connectivity index (χ1n) is 35.8. The van der Waals surface area contributed by atoms with Crippen LogP contribution >= 0.6 is 0 Å². The van der Waals surface area contributed by atoms with Crippen molar-refractivity contribution in [1.29, 1.82) is 0 Å². The van der Waals surface area contributed by atoms with Gasteiger partial charge >= 0.3 is 0 Å². The SMILES string of the molecule is CC(C)(C)c1ccc(N(c2ccc(-c3ccc4ccccc4c3)cc2)c2cc3c(c4c2oc2ccc(C(C)(C)C)cc24)-c2c(cc(N(c4ccc(-c5ccc6ccccc6c5)cc4)c4ccc(C(C)(C)C)cc4)c4c2oc2ccc(C(C)(C)C)cc24)C3(c2ccccc2)c2ccccc2)cc1. The summed E-state index contributed by atoms with van der Waals surface area (Å²) in [5.41, 5.74) is 24.1. The second-order valence-corrected chi connectivity index (χ2v) is 32.1. The van der Waals surface area contributed by atoms with Gasteiger partial charge in [0, 0.05) is 50.0 Å². The molecule has 1 aliphatic carbocycles. The predicted octanol–water partition coefficient (Wildman–Crippen LogP) is 27.6. The second kappa shape index (κ2) is 23.5. The number of hydrogen-bond donors (Lipinski definition) is 0. The Morgan fingerprint density at radius 1 is 0.267 bits per heavy atom. The van der Waals surface area contributed by atoms with Crippen LogP contribution in [0.5, 0.6) is 0 Å². The molecule has 14 aromatic carbocycles. The molecule has 0 aliphatic heterocycles. The van der Waals surface area contributed by atoms with E-state index in [1.807, 2.05) is 0 Å². The minimum Gasteiger partial charge on any atom is -0.455 e. The van der Waals surface area contributed by atoms with Gasteiger partial charge in [-0.3, -0.25) is 0 Å². The number of benzene rings is 14. The van der Waals surface area contributed by atoms with Gasteiger partial charge in [0.25, 0.3) is 0 Å². The van der Waals surface area contributed by atoms with Crippen LogP contribution in [-0.2, 0) is 27.1 Å². The molecule has 101 heavy (non-hydrogen) atoms. The summed E-state index contributed by atoms with van der Waals surface area (Å²) in [6.07, 6.45) is 0. The Morgan fingerprint density at radius 3 is 1.05 bits per heavy atom. The van der Waals surface area contributed by atoms with Crippen LogP contribution in [0.25, 0.3) is 98.8 Å². The summed E-state index contributed by atoms with van der Waals surface area (Å²) in [6, 6.07) is 109. The van der Waals surface area contributed by atoms with Crippen LogP contribution in [0.4, 0.5) is 34.1 Å². The highest BCUT2D eigenvalue weighted by molar-refractivity contribution is 6.26. The van der Waals surface area contributed by atoms with Crippen molar-refractivity contribution in [3.05, 3.63) is 336 Å². The van der Waals surface area contributed by atoms with Gasteiger partial charge < -0.3 is 18.6 Å². The van der Waals surface area contributed by atoms with Crippen LogP contribution in [0.3, 0.4) is 0 Å². The lowest BCUT2D eigenvalue weighted by Crippen LogP contribution is -2.29. The largest absolute Gasteiger partial charge is 0.455 e. The van der Waals surface area contributed by atoms with Crippen molar-refractivity contribution in [2.45, 2.75) is 110 Å². The molecule has 0 atom stereocenters. The Bertz CT molecular complexity index is 5850. The number of anilines is 6. The van der Waals surface area contributed by atoms with E-state index in [1.165, 1.54) is 54.9 Å². The second-order valence-electron chi connectivity index (χ2n) is 32.1. The molecule has 0 radical (unpaired) electrons. The van der Waals surface area contributed by atoms with Crippen LogP contribution in [0, 0.1) is 0 Å². The summed E-state index contributed by atoms with van der Waals surface area (Å²) in [6.45, 7) is 27.6. The van der Waals surface area contributed by atoms with Crippen LogP contribution in [0.1, 0.15) is 128 Å². The number of furan rings is 2. The van der Waals surface area contributed by atoms with E-state index in [-0.39, 0.29) is 21.7 Å². The molecule has 0 spiro atoms. The van der Waals surface area contributed by atoms with Gasteiger partial charge in [-0.15, -0.1) is 0 Å². The molecule has 494 valence electrons. The lowest BCUT2D eigenvalue weighted by Gasteiger charge is -2.36. The lowest BCUT2D eigenvalue weighted by atomic mass is 9.67. The summed E-state index contributed by atoms with van der Waals surface area (Å²) < 4.78 is 15.6. The fourth-order valence-electron chi connectivity index (χ4n) is 16.0. The molecule has 0 saturated carbocycles. The smallest absolute Gasteiger partial charge is 0.160 e. The normalized spacial score (nSPS) is 13.2. The number of fused-ring (bicyclic) bond motifs is 13. The van der Waals surface area contributed by atoms with E-state index < -0.39 is 5.41 Å². The van der Waals surface area contributed by atoms with Crippen molar-refractivity contribution in [2.75, 3.05) is 9.80 Å². The van der Waals surface area contributed by atoms with E-state index in [4.69, 9.17) is 8.83 Å². The molecule has 4 nitrogen and oxygen atoms in total. The number of hydrogen-bond acceptors (Lipinski definition) is 4. The van der Waals surface area contributed by atoms with E-state index in [1.54, 1.807) is 0 Å². The lowest BCUT2D eigenvalue weighted by molar-refractivity contribution is 0.590. The average molecular weight is 1310 g/mol. The average Bonchev–Trinajstić information content (AvgIpc) is 1.50. The molecule has 0 amide bonds. The molecule has 1 aliphatic rings. The highest BCUT2D eigenvalue weighted by Crippen LogP contribution is 2.65. The molecule has 2 aromatic heterocycles. The standard InChI is InChI=1S/C97H84N2O2/c1-93(2,3)69-39-49-77(50-40-69)98(75-45-35-63(36-46-75)67-33-31-61-23-19-21-25-65(61)55-67)83-59-82-90(92-87(83)79-57-73(95(7,8)9)43-53-85(79)101-92)89-81(97(82,71-27-15-13-16-28-71)72-29-17-14-18-30-72)60-84(91-88(89)80-58-74(96(10,11)12)44-54-86(80)100-91)99(78-51-41-70(42-52-78)94(4,5)6)76-47-37-64(38-48-76)68-34-32-62-24-20-22-26-66(62)56-68/h13-60H,1-12H3. The van der Waals surface area contributed by atoms with Gasteiger partial charge in [0.05, 0.1) is 22.2 Å². The van der Waals surface area contributed by atoms with Crippen molar-refractivity contribution < 1.29 is 8.83 Å². The molecule has 0 bridgehead atoms. The topological polar surface area (TPSA) is 32.8 Å². The molecule has 16 aromatic rings. The third-order valence-electron chi connectivity index (χ3n) is 21.5. The summed E-state index contributed by atoms with van der Waals surface area (Å²) in [7, 11) is 0. The molecule has 4 heteroatoms. The minimum absolute atomic E-state index is 0.0750. The predicted molar refractivity (Wildman–Crippen MR) is 428 cm³/mol. The van der Waals surface area contributed by atoms with Crippen LogP contribution in [0.15, 0.2) is 300 Å². The Hall–Kier alpha value is -11.2. The quantitative estimate of drug-likeness (QED) is 0.137. The molecule has 0 saturated heterocycles. The van der Waals surface area contributed by atoms with Crippen molar-refractivity contribution in [3.8, 4) is 33.4 Å². The van der Waals surface area contributed by atoms with Crippen molar-refractivity contribution in [1.82, 2.24) is 0 Å². The zero-order chi connectivity index (χ0) is 69.5. The van der Waals surface area contributed by atoms with Gasteiger partial charge in [-0.25, -0.2) is 0 Å². The third kappa shape index (κ3) is 10.6. The molecular formula is C97H84N2O2. The highest BCUT2D eigenvalue weighted by atomic mass is 16.3. The maximum Gasteiger partial charge on any atom is 0.160 e. The Labute approximate surface area is 593 Å². The summed E-state index contributed by atoms with van der Waals surface area (Å²) in [5, 5.41) is 9.08. The zero-order valence-electron chi connectivity index (χ0n) is 59.9. The third-order valence-corrected chi connectivity index (χ3v) is 21.5. The Balaban J connectivity index is 1.02. The maximum atomic E-state index is 7.90. The van der Waals surface area contributed by atoms with E-state index in [0.717, 1.165) is 123 Å². The fourth-order valence-corrected chi connectivity index (χ4v) is 16.0. The molecular weight excluding hydrogens is 1230 g/mol.